The van der Waals surface area contributed by atoms with Crippen LogP contribution in [0.25, 0.3) is 0 Å². The van der Waals surface area contributed by atoms with E-state index in [2.05, 4.69) is 10.1 Å². The molecule has 1 aliphatic heterocycles. The zero-order chi connectivity index (χ0) is 9.42. The van der Waals surface area contributed by atoms with Crippen molar-refractivity contribution in [1.82, 2.24) is 14.8 Å². The highest BCUT2D eigenvalue weighted by Crippen LogP contribution is 2.31. The first kappa shape index (κ1) is 8.52. The number of hydrogen-bond acceptors (Lipinski definition) is 6. The topological polar surface area (TPSA) is 94.0 Å². The van der Waals surface area contributed by atoms with Gasteiger partial charge in [0.2, 0.25) is 5.95 Å². The molecule has 2 heterocycles. The third kappa shape index (κ3) is 1.29. The summed E-state index contributed by atoms with van der Waals surface area (Å²) in [5, 5.41) is 12.7. The normalized spacial score (nSPS) is 20.7. The number of nitrogens with zero attached hydrogens (tertiary/aromatic N) is 3. The molecule has 0 spiro atoms. The van der Waals surface area contributed by atoms with E-state index in [-0.39, 0.29) is 23.7 Å². The number of carbonyl (C=O) groups excluding carboxylic acids is 1. The molecule has 0 aliphatic carbocycles. The van der Waals surface area contributed by atoms with Crippen molar-refractivity contribution in [2.45, 2.75) is 16.8 Å². The van der Waals surface area contributed by atoms with Gasteiger partial charge in [-0.25, -0.2) is 0 Å². The first-order chi connectivity index (χ1) is 6.22. The summed E-state index contributed by atoms with van der Waals surface area (Å²) in [5.74, 6) is -0.0449. The molecule has 0 aromatic carbocycles. The number of nitrogens with two attached hydrogens (primary N) is 1. The van der Waals surface area contributed by atoms with Crippen LogP contribution in [0.4, 0.5) is 5.95 Å². The predicted octanol–water partition coefficient (Wildman–Crippen LogP) is -0.643. The van der Waals surface area contributed by atoms with Crippen LogP contribution in [-0.2, 0) is 0 Å². The minimum absolute atomic E-state index is 0.0102. The molecule has 0 amide bonds. The maximum Gasteiger partial charge on any atom is 0.263 e. The summed E-state index contributed by atoms with van der Waals surface area (Å²) in [6.45, 7) is -0.0102. The standard InChI is InChI=1S/C6H8N4O2S/c7-5-8-6-10(9-5)4(12)3(13-6)1-2-11/h3,11H,1-2H2,(H2,7,9)/t3-/m1/s1. The SMILES string of the molecule is Nc1nc2n(n1)C(=O)[C@@H](CCO)S2. The second-order valence-corrected chi connectivity index (χ2v) is 3.79. The quantitative estimate of drug-likeness (QED) is 0.659. The Morgan fingerprint density at radius 2 is 2.46 bits per heavy atom. The van der Waals surface area contributed by atoms with Crippen molar-refractivity contribution in [3.05, 3.63) is 0 Å². The summed E-state index contributed by atoms with van der Waals surface area (Å²) in [7, 11) is 0. The van der Waals surface area contributed by atoms with Gasteiger partial charge in [0, 0.05) is 6.61 Å². The number of nitrogen functional groups attached to an aromatic ring is 1. The molecule has 0 saturated heterocycles. The van der Waals surface area contributed by atoms with Crippen molar-refractivity contribution in [3.8, 4) is 0 Å². The van der Waals surface area contributed by atoms with Gasteiger partial charge < -0.3 is 10.8 Å². The van der Waals surface area contributed by atoms with Crippen LogP contribution < -0.4 is 5.73 Å². The van der Waals surface area contributed by atoms with E-state index in [0.29, 0.717) is 11.6 Å². The van der Waals surface area contributed by atoms with Gasteiger partial charge in [-0.2, -0.15) is 9.67 Å². The molecule has 0 radical (unpaired) electrons. The predicted molar refractivity (Wildman–Crippen MR) is 46.4 cm³/mol. The monoisotopic (exact) mass is 200 g/mol. The third-order valence-electron chi connectivity index (χ3n) is 1.72. The molecule has 2 rings (SSSR count). The molecule has 1 aliphatic rings. The minimum Gasteiger partial charge on any atom is -0.396 e. The van der Waals surface area contributed by atoms with Crippen molar-refractivity contribution < 1.29 is 9.90 Å². The fraction of sp³-hybridized carbons (Fsp3) is 0.500. The zero-order valence-electron chi connectivity index (χ0n) is 6.67. The fourth-order valence-corrected chi connectivity index (χ4v) is 2.20. The summed E-state index contributed by atoms with van der Waals surface area (Å²) in [4.78, 5) is 15.3. The van der Waals surface area contributed by atoms with Crippen LogP contribution in [-0.4, -0.2) is 37.6 Å². The van der Waals surface area contributed by atoms with Crippen molar-refractivity contribution in [3.63, 3.8) is 0 Å². The molecule has 70 valence electrons. The van der Waals surface area contributed by atoms with Crippen LogP contribution in [0.5, 0.6) is 0 Å². The molecule has 6 nitrogen and oxygen atoms in total. The van der Waals surface area contributed by atoms with Gasteiger partial charge in [0.05, 0.1) is 5.25 Å². The van der Waals surface area contributed by atoms with E-state index >= 15 is 0 Å². The first-order valence-corrected chi connectivity index (χ1v) is 4.64. The lowest BCUT2D eigenvalue weighted by molar-refractivity contribution is 0.0882. The number of thioether (sulfide) groups is 1. The number of aromatic nitrogens is 3. The molecule has 7 heteroatoms. The van der Waals surface area contributed by atoms with Crippen LogP contribution in [0.2, 0.25) is 0 Å². The number of hydrogen-bond donors (Lipinski definition) is 2. The Kier molecular flexibility index (Phi) is 1.97. The molecule has 3 N–H and O–H groups in total. The Bertz CT molecular complexity index is 350. The summed E-state index contributed by atoms with van der Waals surface area (Å²) >= 11 is 1.29. The van der Waals surface area contributed by atoms with Gasteiger partial charge in [-0.05, 0) is 6.42 Å². The Balaban J connectivity index is 2.25. The number of rotatable bonds is 2. The van der Waals surface area contributed by atoms with Crippen molar-refractivity contribution in [2.75, 3.05) is 12.3 Å². The Morgan fingerprint density at radius 1 is 1.69 bits per heavy atom. The zero-order valence-corrected chi connectivity index (χ0v) is 7.49. The molecule has 0 bridgehead atoms. The van der Waals surface area contributed by atoms with E-state index in [0.717, 1.165) is 0 Å². The van der Waals surface area contributed by atoms with Crippen molar-refractivity contribution >= 4 is 23.6 Å². The summed E-state index contributed by atoms with van der Waals surface area (Å²) in [6.07, 6.45) is 0.425. The highest BCUT2D eigenvalue weighted by Gasteiger charge is 2.33. The van der Waals surface area contributed by atoms with E-state index in [1.165, 1.54) is 16.4 Å². The number of carbonyl (C=O) groups is 1. The molecule has 13 heavy (non-hydrogen) atoms. The van der Waals surface area contributed by atoms with E-state index in [9.17, 15) is 4.79 Å². The van der Waals surface area contributed by atoms with Crippen LogP contribution in [0.15, 0.2) is 5.16 Å². The average Bonchev–Trinajstić information content (AvgIpc) is 2.54. The largest absolute Gasteiger partial charge is 0.396 e. The lowest BCUT2D eigenvalue weighted by Crippen LogP contribution is -2.20. The van der Waals surface area contributed by atoms with Gasteiger partial charge in [-0.1, -0.05) is 11.8 Å². The van der Waals surface area contributed by atoms with Crippen LogP contribution >= 0.6 is 11.8 Å². The van der Waals surface area contributed by atoms with Crippen LogP contribution in [0, 0.1) is 0 Å². The second-order valence-electron chi connectivity index (χ2n) is 2.62. The number of aliphatic hydroxyl groups excluding tert-OH is 1. The lowest BCUT2D eigenvalue weighted by Gasteiger charge is -2.01. The highest BCUT2D eigenvalue weighted by molar-refractivity contribution is 8.00. The summed E-state index contributed by atoms with van der Waals surface area (Å²) in [6, 6.07) is 0. The van der Waals surface area contributed by atoms with Gasteiger partial charge in [-0.15, -0.1) is 5.10 Å². The van der Waals surface area contributed by atoms with E-state index in [1.54, 1.807) is 0 Å². The lowest BCUT2D eigenvalue weighted by atomic mass is 10.3. The fourth-order valence-electron chi connectivity index (χ4n) is 1.15. The van der Waals surface area contributed by atoms with Gasteiger partial charge in [-0.3, -0.25) is 4.79 Å². The van der Waals surface area contributed by atoms with Gasteiger partial charge in [0.15, 0.2) is 5.16 Å². The molecule has 1 aromatic heterocycles. The molecule has 0 fully saturated rings. The summed E-state index contributed by atoms with van der Waals surface area (Å²) < 4.78 is 1.19. The Hall–Kier alpha value is -1.08. The maximum absolute atomic E-state index is 11.5. The van der Waals surface area contributed by atoms with Gasteiger partial charge in [0.25, 0.3) is 5.91 Å². The van der Waals surface area contributed by atoms with E-state index in [4.69, 9.17) is 10.8 Å². The van der Waals surface area contributed by atoms with Crippen LogP contribution in [0.3, 0.4) is 0 Å². The van der Waals surface area contributed by atoms with E-state index < -0.39 is 0 Å². The molecule has 1 aromatic rings. The Labute approximate surface area is 78.1 Å². The van der Waals surface area contributed by atoms with Crippen LogP contribution in [0.1, 0.15) is 11.2 Å². The number of aliphatic hydroxyl groups is 1. The van der Waals surface area contributed by atoms with Gasteiger partial charge in [0.1, 0.15) is 0 Å². The molecule has 0 saturated carbocycles. The molecule has 1 atom stereocenters. The molecular weight excluding hydrogens is 192 g/mol. The molecule has 0 unspecified atom stereocenters. The minimum atomic E-state index is -0.263. The second kappa shape index (κ2) is 3.00. The number of anilines is 1. The van der Waals surface area contributed by atoms with Crippen molar-refractivity contribution in [1.29, 1.82) is 0 Å². The van der Waals surface area contributed by atoms with Crippen molar-refractivity contribution in [2.24, 2.45) is 0 Å². The Morgan fingerprint density at radius 3 is 3.08 bits per heavy atom. The van der Waals surface area contributed by atoms with Gasteiger partial charge >= 0.3 is 0 Å². The van der Waals surface area contributed by atoms with E-state index in [1.807, 2.05) is 0 Å². The average molecular weight is 200 g/mol. The third-order valence-corrected chi connectivity index (χ3v) is 2.91. The highest BCUT2D eigenvalue weighted by atomic mass is 32.2. The first-order valence-electron chi connectivity index (χ1n) is 3.76. The maximum atomic E-state index is 11.5. The smallest absolute Gasteiger partial charge is 0.263 e. The molecular formula is C6H8N4O2S. The summed E-state index contributed by atoms with van der Waals surface area (Å²) in [5.41, 5.74) is 5.31. The number of fused-ring (bicyclic) bond motifs is 1.